The lowest BCUT2D eigenvalue weighted by Crippen LogP contribution is -2.10. The van der Waals surface area contributed by atoms with Crippen molar-refractivity contribution in [2.75, 3.05) is 0 Å². The molecule has 0 aliphatic heterocycles. The Hall–Kier alpha value is -3.74. The van der Waals surface area contributed by atoms with E-state index in [9.17, 15) is 0 Å². The van der Waals surface area contributed by atoms with Crippen LogP contribution in [0.2, 0.25) is 0 Å². The standard InChI is InChI=1S/C22H21N7/c1-17(9-14-27-12-6-11-25-27)28-16-24-20(18-7-3-2-4-8-18)21(28)19-15-26-29-13-5-10-23-22(19)29/h2-8,10-13,15-17H,9,14H2,1H3/t17-/m0/s1. The highest BCUT2D eigenvalue weighted by Gasteiger charge is 2.21. The number of hydrogen-bond donors (Lipinski definition) is 0. The first-order chi connectivity index (χ1) is 14.3. The molecular weight excluding hydrogens is 362 g/mol. The molecule has 0 aliphatic carbocycles. The normalized spacial score (nSPS) is 12.4. The lowest BCUT2D eigenvalue weighted by Gasteiger charge is -2.17. The van der Waals surface area contributed by atoms with Crippen LogP contribution in [0.4, 0.5) is 0 Å². The van der Waals surface area contributed by atoms with E-state index in [1.807, 2.05) is 66.1 Å². The predicted octanol–water partition coefficient (Wildman–Crippen LogP) is 4.11. The van der Waals surface area contributed by atoms with Crippen molar-refractivity contribution in [3.8, 4) is 22.5 Å². The first-order valence-corrected chi connectivity index (χ1v) is 9.69. The molecule has 144 valence electrons. The smallest absolute Gasteiger partial charge is 0.164 e. The first kappa shape index (κ1) is 17.4. The van der Waals surface area contributed by atoms with Crippen LogP contribution in [0.15, 0.2) is 79.8 Å². The number of imidazole rings is 1. The Morgan fingerprint density at radius 2 is 1.79 bits per heavy atom. The third-order valence-electron chi connectivity index (χ3n) is 5.19. The molecule has 0 unspecified atom stereocenters. The average molecular weight is 383 g/mol. The highest BCUT2D eigenvalue weighted by Crippen LogP contribution is 2.35. The van der Waals surface area contributed by atoms with E-state index in [4.69, 9.17) is 4.98 Å². The Kier molecular flexibility index (Phi) is 4.40. The second-order valence-corrected chi connectivity index (χ2v) is 7.07. The Morgan fingerprint density at radius 3 is 2.62 bits per heavy atom. The quantitative estimate of drug-likeness (QED) is 0.443. The van der Waals surface area contributed by atoms with Crippen LogP contribution in [-0.4, -0.2) is 33.9 Å². The molecule has 1 atom stereocenters. The maximum absolute atomic E-state index is 4.79. The molecule has 0 bridgehead atoms. The molecule has 0 aliphatic rings. The molecule has 1 aromatic carbocycles. The van der Waals surface area contributed by atoms with Crippen LogP contribution in [0.1, 0.15) is 19.4 Å². The summed E-state index contributed by atoms with van der Waals surface area (Å²) in [6.07, 6.45) is 12.3. The topological polar surface area (TPSA) is 65.8 Å². The van der Waals surface area contributed by atoms with E-state index >= 15 is 0 Å². The third-order valence-corrected chi connectivity index (χ3v) is 5.19. The summed E-state index contributed by atoms with van der Waals surface area (Å²) >= 11 is 0. The predicted molar refractivity (Wildman–Crippen MR) is 111 cm³/mol. The molecule has 4 heterocycles. The molecule has 0 N–H and O–H groups in total. The molecule has 5 rings (SSSR count). The van der Waals surface area contributed by atoms with E-state index in [2.05, 4.69) is 38.8 Å². The van der Waals surface area contributed by atoms with Gasteiger partial charge in [0.05, 0.1) is 29.5 Å². The van der Waals surface area contributed by atoms with Crippen molar-refractivity contribution in [2.45, 2.75) is 25.9 Å². The van der Waals surface area contributed by atoms with Gasteiger partial charge in [0.1, 0.15) is 0 Å². The van der Waals surface area contributed by atoms with Crippen molar-refractivity contribution in [1.82, 2.24) is 33.9 Å². The molecular formula is C22H21N7. The maximum Gasteiger partial charge on any atom is 0.164 e. The van der Waals surface area contributed by atoms with Crippen LogP contribution in [0, 0.1) is 0 Å². The highest BCUT2D eigenvalue weighted by atomic mass is 15.3. The van der Waals surface area contributed by atoms with E-state index < -0.39 is 0 Å². The summed E-state index contributed by atoms with van der Waals surface area (Å²) in [5, 5.41) is 8.81. The van der Waals surface area contributed by atoms with E-state index in [0.29, 0.717) is 0 Å². The van der Waals surface area contributed by atoms with E-state index in [1.54, 1.807) is 10.7 Å². The number of benzene rings is 1. The number of fused-ring (bicyclic) bond motifs is 1. The summed E-state index contributed by atoms with van der Waals surface area (Å²) in [5.74, 6) is 0. The van der Waals surface area contributed by atoms with Gasteiger partial charge in [0.15, 0.2) is 5.65 Å². The summed E-state index contributed by atoms with van der Waals surface area (Å²) in [6.45, 7) is 3.06. The van der Waals surface area contributed by atoms with Gasteiger partial charge in [0.25, 0.3) is 0 Å². The van der Waals surface area contributed by atoms with Gasteiger partial charge in [-0.05, 0) is 25.5 Å². The third kappa shape index (κ3) is 3.20. The fourth-order valence-corrected chi connectivity index (χ4v) is 3.65. The largest absolute Gasteiger partial charge is 0.327 e. The van der Waals surface area contributed by atoms with Gasteiger partial charge in [-0.3, -0.25) is 4.68 Å². The number of nitrogens with zero attached hydrogens (tertiary/aromatic N) is 7. The van der Waals surface area contributed by atoms with Crippen LogP contribution in [0.25, 0.3) is 28.2 Å². The van der Waals surface area contributed by atoms with Gasteiger partial charge in [0.2, 0.25) is 0 Å². The minimum absolute atomic E-state index is 0.234. The van der Waals surface area contributed by atoms with Crippen LogP contribution >= 0.6 is 0 Å². The molecule has 29 heavy (non-hydrogen) atoms. The van der Waals surface area contributed by atoms with Gasteiger partial charge in [-0.15, -0.1) is 0 Å². The lowest BCUT2D eigenvalue weighted by molar-refractivity contribution is 0.449. The average Bonchev–Trinajstić information content (AvgIpc) is 3.51. The summed E-state index contributed by atoms with van der Waals surface area (Å²) in [4.78, 5) is 9.36. The fraction of sp³-hybridized carbons (Fsp3) is 0.182. The van der Waals surface area contributed by atoms with E-state index in [1.165, 1.54) is 0 Å². The van der Waals surface area contributed by atoms with Gasteiger partial charge in [0, 0.05) is 42.9 Å². The zero-order valence-electron chi connectivity index (χ0n) is 16.1. The van der Waals surface area contributed by atoms with Gasteiger partial charge in [-0.2, -0.15) is 10.2 Å². The second kappa shape index (κ2) is 7.35. The van der Waals surface area contributed by atoms with Crippen molar-refractivity contribution in [3.63, 3.8) is 0 Å². The fourth-order valence-electron chi connectivity index (χ4n) is 3.65. The number of aryl methyl sites for hydroxylation is 1. The lowest BCUT2D eigenvalue weighted by atomic mass is 10.1. The zero-order chi connectivity index (χ0) is 19.6. The van der Waals surface area contributed by atoms with Crippen molar-refractivity contribution in [3.05, 3.63) is 79.8 Å². The van der Waals surface area contributed by atoms with Gasteiger partial charge < -0.3 is 4.57 Å². The summed E-state index contributed by atoms with van der Waals surface area (Å²) < 4.78 is 6.00. The molecule has 7 nitrogen and oxygen atoms in total. The maximum atomic E-state index is 4.79. The molecule has 0 fully saturated rings. The molecule has 7 heteroatoms. The Balaban J connectivity index is 1.61. The zero-order valence-corrected chi connectivity index (χ0v) is 16.1. The highest BCUT2D eigenvalue weighted by molar-refractivity contribution is 5.85. The van der Waals surface area contributed by atoms with Crippen LogP contribution in [-0.2, 0) is 6.54 Å². The SMILES string of the molecule is C[C@@H](CCn1cccn1)n1cnc(-c2ccccc2)c1-c1cnn2cccnc12. The van der Waals surface area contributed by atoms with Crippen molar-refractivity contribution < 1.29 is 0 Å². The Morgan fingerprint density at radius 1 is 0.931 bits per heavy atom. The number of hydrogen-bond acceptors (Lipinski definition) is 4. The molecule has 0 spiro atoms. The van der Waals surface area contributed by atoms with E-state index in [0.717, 1.165) is 41.1 Å². The number of aromatic nitrogens is 7. The molecule has 4 aromatic heterocycles. The van der Waals surface area contributed by atoms with Crippen LogP contribution in [0.5, 0.6) is 0 Å². The molecule has 0 radical (unpaired) electrons. The van der Waals surface area contributed by atoms with E-state index in [-0.39, 0.29) is 6.04 Å². The van der Waals surface area contributed by atoms with Gasteiger partial charge in [-0.25, -0.2) is 14.5 Å². The van der Waals surface area contributed by atoms with Gasteiger partial charge in [-0.1, -0.05) is 30.3 Å². The van der Waals surface area contributed by atoms with Crippen LogP contribution < -0.4 is 0 Å². The van der Waals surface area contributed by atoms with Crippen LogP contribution in [0.3, 0.4) is 0 Å². The van der Waals surface area contributed by atoms with Crippen molar-refractivity contribution >= 4 is 5.65 Å². The molecule has 0 saturated heterocycles. The van der Waals surface area contributed by atoms with Crippen molar-refractivity contribution in [1.29, 1.82) is 0 Å². The monoisotopic (exact) mass is 383 g/mol. The summed E-state index contributed by atoms with van der Waals surface area (Å²) in [6, 6.07) is 14.3. The Bertz CT molecular complexity index is 1220. The first-order valence-electron chi connectivity index (χ1n) is 9.69. The molecule has 0 amide bonds. The van der Waals surface area contributed by atoms with Crippen molar-refractivity contribution in [2.24, 2.45) is 0 Å². The molecule has 5 aromatic rings. The minimum Gasteiger partial charge on any atom is -0.327 e. The minimum atomic E-state index is 0.234. The summed E-state index contributed by atoms with van der Waals surface area (Å²) in [7, 11) is 0. The summed E-state index contributed by atoms with van der Waals surface area (Å²) in [5.41, 5.74) is 4.87. The second-order valence-electron chi connectivity index (χ2n) is 7.07. The van der Waals surface area contributed by atoms with Gasteiger partial charge >= 0.3 is 0 Å². The number of rotatable bonds is 6. The Labute approximate surface area is 168 Å². The molecule has 0 saturated carbocycles.